The molecule has 2 aliphatic rings. The lowest BCUT2D eigenvalue weighted by molar-refractivity contribution is -0.138. The number of carbonyl (C=O) groups excluding carboxylic acids is 1. The van der Waals surface area contributed by atoms with Crippen LogP contribution in [0.5, 0.6) is 0 Å². The van der Waals surface area contributed by atoms with Gasteiger partial charge in [-0.3, -0.25) is 4.79 Å². The van der Waals surface area contributed by atoms with Crippen molar-refractivity contribution in [3.8, 4) is 0 Å². The second-order valence-electron chi connectivity index (χ2n) is 9.53. The zero-order valence-electron chi connectivity index (χ0n) is 18.8. The molecular formula is C24H46N2O. The molecule has 2 atom stereocenters. The van der Waals surface area contributed by atoms with Gasteiger partial charge in [-0.15, -0.1) is 0 Å². The average Bonchev–Trinajstić information content (AvgIpc) is 2.71. The van der Waals surface area contributed by atoms with Crippen LogP contribution >= 0.6 is 0 Å². The molecule has 2 aliphatic heterocycles. The number of hydrogen-bond donors (Lipinski definition) is 0. The maximum absolute atomic E-state index is 12.4. The first-order valence-corrected chi connectivity index (χ1v) is 12.0. The number of likely N-dealkylation sites (tertiary alicyclic amines) is 2. The van der Waals surface area contributed by atoms with E-state index in [0.717, 1.165) is 25.4 Å². The topological polar surface area (TPSA) is 23.6 Å². The van der Waals surface area contributed by atoms with Gasteiger partial charge >= 0.3 is 0 Å². The first-order chi connectivity index (χ1) is 13.0. The van der Waals surface area contributed by atoms with Crippen molar-refractivity contribution < 1.29 is 4.79 Å². The second-order valence-corrected chi connectivity index (χ2v) is 9.53. The molecule has 2 saturated heterocycles. The van der Waals surface area contributed by atoms with Crippen molar-refractivity contribution in [1.29, 1.82) is 0 Å². The van der Waals surface area contributed by atoms with E-state index in [9.17, 15) is 4.79 Å². The van der Waals surface area contributed by atoms with E-state index in [1.165, 1.54) is 83.8 Å². The monoisotopic (exact) mass is 378 g/mol. The van der Waals surface area contributed by atoms with Crippen molar-refractivity contribution in [3.05, 3.63) is 0 Å². The summed E-state index contributed by atoms with van der Waals surface area (Å²) in [5, 5.41) is 0. The fraction of sp³-hybridized carbons (Fsp3) is 0.958. The van der Waals surface area contributed by atoms with Crippen LogP contribution in [0.3, 0.4) is 0 Å². The molecule has 1 spiro atoms. The van der Waals surface area contributed by atoms with Gasteiger partial charge in [-0.2, -0.15) is 0 Å². The van der Waals surface area contributed by atoms with Gasteiger partial charge in [0.2, 0.25) is 5.91 Å². The number of carbonyl (C=O) groups is 1. The lowest BCUT2D eigenvalue weighted by Crippen LogP contribution is -2.49. The zero-order chi connectivity index (χ0) is 19.7. The fourth-order valence-corrected chi connectivity index (χ4v) is 5.09. The molecule has 0 radical (unpaired) electrons. The highest BCUT2D eigenvalue weighted by atomic mass is 16.2. The van der Waals surface area contributed by atoms with Gasteiger partial charge in [0.15, 0.2) is 0 Å². The van der Waals surface area contributed by atoms with Crippen LogP contribution in [-0.2, 0) is 4.79 Å². The van der Waals surface area contributed by atoms with E-state index >= 15 is 0 Å². The summed E-state index contributed by atoms with van der Waals surface area (Å²) >= 11 is 0. The summed E-state index contributed by atoms with van der Waals surface area (Å²) in [6.07, 6.45) is 14.5. The molecule has 1 amide bonds. The number of amides is 1. The van der Waals surface area contributed by atoms with Crippen molar-refractivity contribution in [3.63, 3.8) is 0 Å². The molecular weight excluding hydrogens is 332 g/mol. The standard InChI is InChI=1S/C24H46N2O/c1-5-8-10-22(7-3)11-9-16-25-17-12-24(13-18-25)14-19-26(20-15-24)23(27)21(4)6-2/h21-22H,5-20H2,1-4H3. The van der Waals surface area contributed by atoms with Crippen molar-refractivity contribution in [1.82, 2.24) is 9.80 Å². The average molecular weight is 379 g/mol. The Kier molecular flexibility index (Phi) is 9.62. The Labute approximate surface area is 169 Å². The molecule has 3 nitrogen and oxygen atoms in total. The molecule has 0 aliphatic carbocycles. The van der Waals surface area contributed by atoms with E-state index in [1.54, 1.807) is 0 Å². The summed E-state index contributed by atoms with van der Waals surface area (Å²) in [4.78, 5) is 17.3. The molecule has 0 aromatic rings. The Morgan fingerprint density at radius 1 is 0.889 bits per heavy atom. The van der Waals surface area contributed by atoms with Gasteiger partial charge < -0.3 is 9.80 Å². The second kappa shape index (κ2) is 11.4. The summed E-state index contributed by atoms with van der Waals surface area (Å²) in [5.74, 6) is 1.54. The number of rotatable bonds is 10. The largest absolute Gasteiger partial charge is 0.342 e. The molecule has 0 saturated carbocycles. The summed E-state index contributed by atoms with van der Waals surface area (Å²) in [5.41, 5.74) is 0.538. The molecule has 158 valence electrons. The molecule has 2 heterocycles. The van der Waals surface area contributed by atoms with Crippen molar-refractivity contribution in [2.24, 2.45) is 17.3 Å². The SMILES string of the molecule is CCCCC(CC)CCCN1CCC2(CC1)CCN(C(=O)C(C)CC)CC2. The molecule has 3 heteroatoms. The third-order valence-electron chi connectivity index (χ3n) is 7.72. The number of hydrogen-bond acceptors (Lipinski definition) is 2. The third kappa shape index (κ3) is 6.76. The maximum atomic E-state index is 12.4. The predicted molar refractivity (Wildman–Crippen MR) is 116 cm³/mol. The first kappa shape index (κ1) is 22.7. The molecule has 0 N–H and O–H groups in total. The third-order valence-corrected chi connectivity index (χ3v) is 7.72. The lowest BCUT2D eigenvalue weighted by atomic mass is 9.71. The van der Waals surface area contributed by atoms with Crippen LogP contribution in [0.2, 0.25) is 0 Å². The highest BCUT2D eigenvalue weighted by Gasteiger charge is 2.38. The lowest BCUT2D eigenvalue weighted by Gasteiger charge is -2.47. The highest BCUT2D eigenvalue weighted by molar-refractivity contribution is 5.78. The Balaban J connectivity index is 1.66. The Bertz CT molecular complexity index is 418. The van der Waals surface area contributed by atoms with E-state index < -0.39 is 0 Å². The zero-order valence-corrected chi connectivity index (χ0v) is 18.8. The molecule has 27 heavy (non-hydrogen) atoms. The fourth-order valence-electron chi connectivity index (χ4n) is 5.09. The van der Waals surface area contributed by atoms with Crippen LogP contribution in [0.25, 0.3) is 0 Å². The van der Waals surface area contributed by atoms with Gasteiger partial charge in [-0.25, -0.2) is 0 Å². The van der Waals surface area contributed by atoms with Crippen LogP contribution in [0, 0.1) is 17.3 Å². The van der Waals surface area contributed by atoms with Gasteiger partial charge in [0.25, 0.3) is 0 Å². The predicted octanol–water partition coefficient (Wildman–Crippen LogP) is 5.73. The van der Waals surface area contributed by atoms with Crippen LogP contribution in [-0.4, -0.2) is 48.4 Å². The van der Waals surface area contributed by atoms with E-state index in [-0.39, 0.29) is 5.92 Å². The van der Waals surface area contributed by atoms with Gasteiger partial charge in [-0.1, -0.05) is 53.4 Å². The molecule has 0 aromatic carbocycles. The van der Waals surface area contributed by atoms with E-state index in [0.29, 0.717) is 11.3 Å². The summed E-state index contributed by atoms with van der Waals surface area (Å²) < 4.78 is 0. The van der Waals surface area contributed by atoms with Gasteiger partial charge in [0, 0.05) is 19.0 Å². The molecule has 2 rings (SSSR count). The maximum Gasteiger partial charge on any atom is 0.225 e. The quantitative estimate of drug-likeness (QED) is 0.484. The van der Waals surface area contributed by atoms with Crippen LogP contribution in [0.1, 0.15) is 98.3 Å². The minimum Gasteiger partial charge on any atom is -0.342 e. The Morgan fingerprint density at radius 3 is 2.04 bits per heavy atom. The van der Waals surface area contributed by atoms with Crippen LogP contribution < -0.4 is 0 Å². The highest BCUT2D eigenvalue weighted by Crippen LogP contribution is 2.41. The number of piperidine rings is 2. The van der Waals surface area contributed by atoms with Crippen molar-refractivity contribution in [2.45, 2.75) is 98.3 Å². The Hall–Kier alpha value is -0.570. The molecule has 0 bridgehead atoms. The smallest absolute Gasteiger partial charge is 0.225 e. The minimum atomic E-state index is 0.199. The van der Waals surface area contributed by atoms with E-state index in [4.69, 9.17) is 0 Å². The Morgan fingerprint density at radius 2 is 1.48 bits per heavy atom. The van der Waals surface area contributed by atoms with Gasteiger partial charge in [0.05, 0.1) is 0 Å². The number of nitrogens with zero attached hydrogens (tertiary/aromatic N) is 2. The van der Waals surface area contributed by atoms with E-state index in [1.807, 2.05) is 0 Å². The van der Waals surface area contributed by atoms with Crippen LogP contribution in [0.15, 0.2) is 0 Å². The van der Waals surface area contributed by atoms with Crippen molar-refractivity contribution >= 4 is 5.91 Å². The summed E-state index contributed by atoms with van der Waals surface area (Å²) in [7, 11) is 0. The normalized spacial score (nSPS) is 22.7. The van der Waals surface area contributed by atoms with Crippen molar-refractivity contribution in [2.75, 3.05) is 32.7 Å². The first-order valence-electron chi connectivity index (χ1n) is 12.0. The summed E-state index contributed by atoms with van der Waals surface area (Å²) in [6.45, 7) is 14.7. The van der Waals surface area contributed by atoms with Gasteiger partial charge in [0.1, 0.15) is 0 Å². The minimum absolute atomic E-state index is 0.199. The molecule has 2 fully saturated rings. The number of unbranched alkanes of at least 4 members (excludes halogenated alkanes) is 1. The van der Waals surface area contributed by atoms with Crippen LogP contribution in [0.4, 0.5) is 0 Å². The van der Waals surface area contributed by atoms with E-state index in [2.05, 4.69) is 37.5 Å². The van der Waals surface area contributed by atoms with Gasteiger partial charge in [-0.05, 0) is 75.9 Å². The molecule has 2 unspecified atom stereocenters. The summed E-state index contributed by atoms with van der Waals surface area (Å²) in [6, 6.07) is 0. The molecule has 0 aromatic heterocycles.